The number of carbonyl (C=O) groups is 1. The van der Waals surface area contributed by atoms with E-state index in [0.29, 0.717) is 21.3 Å². The van der Waals surface area contributed by atoms with Crippen LogP contribution in [0.2, 0.25) is 10.0 Å². The summed E-state index contributed by atoms with van der Waals surface area (Å²) < 4.78 is 27.8. The molecule has 1 N–H and O–H groups in total. The maximum atomic E-state index is 13.4. The van der Waals surface area contributed by atoms with Crippen molar-refractivity contribution >= 4 is 51.0 Å². The van der Waals surface area contributed by atoms with Crippen LogP contribution in [0.15, 0.2) is 76.7 Å². The molecule has 0 unspecified atom stereocenters. The Labute approximate surface area is 197 Å². The van der Waals surface area contributed by atoms with Crippen LogP contribution in [0.25, 0.3) is 0 Å². The maximum absolute atomic E-state index is 13.4. The Morgan fingerprint density at radius 3 is 2.34 bits per heavy atom. The van der Waals surface area contributed by atoms with Crippen LogP contribution in [-0.2, 0) is 14.8 Å². The molecule has 0 aromatic heterocycles. The molecule has 0 spiro atoms. The predicted octanol–water partition coefficient (Wildman–Crippen LogP) is 4.96. The number of hydrogen-bond donors (Lipinski definition) is 1. The van der Waals surface area contributed by atoms with E-state index < -0.39 is 22.5 Å². The van der Waals surface area contributed by atoms with Crippen molar-refractivity contribution < 1.29 is 13.2 Å². The van der Waals surface area contributed by atoms with E-state index in [1.54, 1.807) is 36.4 Å². The Balaban J connectivity index is 1.88. The summed E-state index contributed by atoms with van der Waals surface area (Å²) in [6.45, 7) is 3.33. The molecule has 3 aromatic carbocycles. The van der Waals surface area contributed by atoms with E-state index in [0.717, 1.165) is 15.4 Å². The second-order valence-corrected chi connectivity index (χ2v) is 9.75. The van der Waals surface area contributed by atoms with Crippen molar-refractivity contribution in [3.05, 3.63) is 93.5 Å². The Morgan fingerprint density at radius 2 is 1.69 bits per heavy atom. The molecule has 0 saturated carbocycles. The molecule has 0 bridgehead atoms. The Kier molecular flexibility index (Phi) is 7.56. The van der Waals surface area contributed by atoms with E-state index in [2.05, 4.69) is 10.5 Å². The first kappa shape index (κ1) is 23.8. The Bertz CT molecular complexity index is 1260. The third kappa shape index (κ3) is 5.68. The van der Waals surface area contributed by atoms with E-state index in [9.17, 15) is 13.2 Å². The van der Waals surface area contributed by atoms with Crippen molar-refractivity contribution in [2.45, 2.75) is 18.7 Å². The molecule has 3 rings (SSSR count). The highest BCUT2D eigenvalue weighted by Gasteiger charge is 2.27. The van der Waals surface area contributed by atoms with Gasteiger partial charge < -0.3 is 0 Å². The van der Waals surface area contributed by atoms with Gasteiger partial charge in [0.05, 0.1) is 16.8 Å². The first-order valence-corrected chi connectivity index (χ1v) is 11.8. The lowest BCUT2D eigenvalue weighted by Crippen LogP contribution is -2.39. The molecule has 0 aliphatic rings. The molecular weight excluding hydrogens is 469 g/mol. The third-order valence-corrected chi connectivity index (χ3v) is 7.15. The van der Waals surface area contributed by atoms with Crippen LogP contribution in [0.4, 0.5) is 5.69 Å². The maximum Gasteiger partial charge on any atom is 0.264 e. The molecule has 166 valence electrons. The summed E-state index contributed by atoms with van der Waals surface area (Å²) in [6, 6.07) is 18.0. The highest BCUT2D eigenvalue weighted by molar-refractivity contribution is 7.92. The zero-order valence-electron chi connectivity index (χ0n) is 17.4. The van der Waals surface area contributed by atoms with Crippen molar-refractivity contribution in [2.24, 2.45) is 5.10 Å². The number of hydrogen-bond acceptors (Lipinski definition) is 4. The number of hydrazone groups is 1. The normalized spacial score (nSPS) is 11.5. The number of benzene rings is 3. The average molecular weight is 490 g/mol. The van der Waals surface area contributed by atoms with Gasteiger partial charge in [0.15, 0.2) is 0 Å². The number of amides is 1. The van der Waals surface area contributed by atoms with Gasteiger partial charge in [-0.15, -0.1) is 0 Å². The van der Waals surface area contributed by atoms with Crippen molar-refractivity contribution in [2.75, 3.05) is 10.8 Å². The van der Waals surface area contributed by atoms with Gasteiger partial charge in [0.25, 0.3) is 15.9 Å². The van der Waals surface area contributed by atoms with E-state index >= 15 is 0 Å². The first-order chi connectivity index (χ1) is 15.2. The van der Waals surface area contributed by atoms with E-state index in [1.807, 2.05) is 19.9 Å². The van der Waals surface area contributed by atoms with Crippen LogP contribution in [0.3, 0.4) is 0 Å². The summed E-state index contributed by atoms with van der Waals surface area (Å²) in [7, 11) is -4.04. The Hall–Kier alpha value is -2.87. The fourth-order valence-corrected chi connectivity index (χ4v) is 4.57. The summed E-state index contributed by atoms with van der Waals surface area (Å²) in [5, 5.41) is 4.79. The van der Waals surface area contributed by atoms with Crippen LogP contribution < -0.4 is 9.73 Å². The summed E-state index contributed by atoms with van der Waals surface area (Å²) >= 11 is 12.0. The minimum Gasteiger partial charge on any atom is -0.271 e. The van der Waals surface area contributed by atoms with Gasteiger partial charge in [-0.25, -0.2) is 13.8 Å². The summed E-state index contributed by atoms with van der Waals surface area (Å²) in [5.41, 5.74) is 5.26. The molecule has 0 saturated heterocycles. The van der Waals surface area contributed by atoms with Crippen LogP contribution in [0, 0.1) is 13.8 Å². The van der Waals surface area contributed by atoms with E-state index in [4.69, 9.17) is 23.2 Å². The number of sulfonamides is 1. The van der Waals surface area contributed by atoms with Crippen LogP contribution >= 0.6 is 23.2 Å². The van der Waals surface area contributed by atoms with Crippen molar-refractivity contribution in [1.29, 1.82) is 0 Å². The number of rotatable bonds is 7. The topological polar surface area (TPSA) is 78.8 Å². The summed E-state index contributed by atoms with van der Waals surface area (Å²) in [6.07, 6.45) is 1.40. The molecular formula is C23H21Cl2N3O3S. The fourth-order valence-electron chi connectivity index (χ4n) is 2.85. The zero-order valence-corrected chi connectivity index (χ0v) is 19.7. The smallest absolute Gasteiger partial charge is 0.264 e. The summed E-state index contributed by atoms with van der Waals surface area (Å²) in [4.78, 5) is 12.6. The number of nitrogens with zero attached hydrogens (tertiary/aromatic N) is 2. The standard InChI is InChI=1S/C23H21Cl2N3O3S/c1-16-7-10-20(13-17(16)2)28(32(30,31)21-11-8-19(24)9-12-21)15-23(29)27-26-14-18-5-3-4-6-22(18)25/h3-14H,15H2,1-2H3,(H,27,29)/b26-14-. The van der Waals surface area contributed by atoms with E-state index in [1.165, 1.54) is 30.5 Å². The van der Waals surface area contributed by atoms with Gasteiger partial charge in [-0.3, -0.25) is 9.10 Å². The van der Waals surface area contributed by atoms with Crippen molar-refractivity contribution in [3.8, 4) is 0 Å². The predicted molar refractivity (Wildman–Crippen MR) is 129 cm³/mol. The van der Waals surface area contributed by atoms with Gasteiger partial charge in [-0.1, -0.05) is 47.5 Å². The minimum atomic E-state index is -4.04. The molecule has 0 fully saturated rings. The molecule has 1 amide bonds. The molecule has 6 nitrogen and oxygen atoms in total. The van der Waals surface area contributed by atoms with Crippen LogP contribution in [0.5, 0.6) is 0 Å². The quantitative estimate of drug-likeness (QED) is 0.376. The molecule has 0 atom stereocenters. The lowest BCUT2D eigenvalue weighted by atomic mass is 10.1. The van der Waals surface area contributed by atoms with Gasteiger partial charge >= 0.3 is 0 Å². The monoisotopic (exact) mass is 489 g/mol. The number of carbonyl (C=O) groups excluding carboxylic acids is 1. The average Bonchev–Trinajstić information content (AvgIpc) is 2.75. The number of aryl methyl sites for hydroxylation is 2. The zero-order chi connectivity index (χ0) is 23.3. The van der Waals surface area contributed by atoms with E-state index in [-0.39, 0.29) is 4.90 Å². The lowest BCUT2D eigenvalue weighted by molar-refractivity contribution is -0.119. The molecule has 0 aliphatic carbocycles. The highest BCUT2D eigenvalue weighted by Crippen LogP contribution is 2.26. The summed E-state index contributed by atoms with van der Waals surface area (Å²) in [5.74, 6) is -0.607. The molecule has 3 aromatic rings. The Morgan fingerprint density at radius 1 is 1.00 bits per heavy atom. The van der Waals surface area contributed by atoms with Gasteiger partial charge in [0.2, 0.25) is 0 Å². The SMILES string of the molecule is Cc1ccc(N(CC(=O)N/N=C\c2ccccc2Cl)S(=O)(=O)c2ccc(Cl)cc2)cc1C. The van der Waals surface area contributed by atoms with Crippen LogP contribution in [-0.4, -0.2) is 27.1 Å². The minimum absolute atomic E-state index is 0.0208. The molecule has 32 heavy (non-hydrogen) atoms. The lowest BCUT2D eigenvalue weighted by Gasteiger charge is -2.24. The molecule has 0 heterocycles. The first-order valence-electron chi connectivity index (χ1n) is 9.60. The number of anilines is 1. The molecule has 0 radical (unpaired) electrons. The van der Waals surface area contributed by atoms with Crippen molar-refractivity contribution in [3.63, 3.8) is 0 Å². The van der Waals surface area contributed by atoms with Gasteiger partial charge in [0.1, 0.15) is 6.54 Å². The number of halogens is 2. The molecule has 9 heteroatoms. The fraction of sp³-hybridized carbons (Fsp3) is 0.130. The van der Waals surface area contributed by atoms with Gasteiger partial charge in [-0.05, 0) is 67.4 Å². The molecule has 0 aliphatic heterocycles. The van der Waals surface area contributed by atoms with Crippen LogP contribution in [0.1, 0.15) is 16.7 Å². The van der Waals surface area contributed by atoms with Gasteiger partial charge in [0, 0.05) is 15.6 Å². The second-order valence-electron chi connectivity index (χ2n) is 7.05. The van der Waals surface area contributed by atoms with Crippen molar-refractivity contribution in [1.82, 2.24) is 5.43 Å². The second kappa shape index (κ2) is 10.2. The highest BCUT2D eigenvalue weighted by atomic mass is 35.5. The third-order valence-electron chi connectivity index (χ3n) is 4.77. The number of nitrogens with one attached hydrogen (secondary N) is 1. The van der Waals surface area contributed by atoms with Gasteiger partial charge in [-0.2, -0.15) is 5.10 Å². The largest absolute Gasteiger partial charge is 0.271 e.